The van der Waals surface area contributed by atoms with Gasteiger partial charge in [-0.15, -0.1) is 0 Å². The monoisotopic (exact) mass is 434 g/mol. The highest BCUT2D eigenvalue weighted by Gasteiger charge is 2.33. The molecule has 0 radical (unpaired) electrons. The molecule has 156 valence electrons. The number of hydrogen-bond acceptors (Lipinski definition) is 6. The van der Waals surface area contributed by atoms with Gasteiger partial charge in [0.15, 0.2) is 0 Å². The average molecular weight is 434 g/mol. The smallest absolute Gasteiger partial charge is 0.298 e. The van der Waals surface area contributed by atoms with Crippen molar-refractivity contribution in [1.82, 2.24) is 0 Å². The first-order chi connectivity index (χ1) is 12.5. The minimum absolute atomic E-state index is 0.0394. The molecule has 0 fully saturated rings. The Bertz CT molecular complexity index is 1070. The molecule has 1 aromatic carbocycles. The number of benzene rings is 1. The molecule has 0 saturated heterocycles. The second kappa shape index (κ2) is 7.99. The van der Waals surface area contributed by atoms with E-state index < -0.39 is 59.1 Å². The minimum atomic E-state index is -5.05. The molecular formula is C16H22N2O8S2. The van der Waals surface area contributed by atoms with E-state index in [0.717, 1.165) is 13.8 Å². The normalized spacial score (nSPS) is 12.0. The van der Waals surface area contributed by atoms with E-state index in [1.54, 1.807) is 0 Å². The van der Waals surface area contributed by atoms with E-state index in [4.69, 9.17) is 0 Å². The first-order valence-electron chi connectivity index (χ1n) is 7.90. The van der Waals surface area contributed by atoms with Gasteiger partial charge in [-0.3, -0.25) is 18.7 Å². The van der Waals surface area contributed by atoms with Crippen LogP contribution in [0.15, 0.2) is 21.9 Å². The van der Waals surface area contributed by atoms with Crippen molar-refractivity contribution in [2.45, 2.75) is 44.4 Å². The molecule has 4 N–H and O–H groups in total. The molecule has 0 aromatic heterocycles. The fourth-order valence-electron chi connectivity index (χ4n) is 2.41. The highest BCUT2D eigenvalue weighted by Crippen LogP contribution is 2.41. The number of nitrogens with one attached hydrogen (secondary N) is 2. The van der Waals surface area contributed by atoms with Crippen LogP contribution in [0.4, 0.5) is 11.4 Å². The fraction of sp³-hybridized carbons (Fsp3) is 0.375. The zero-order valence-electron chi connectivity index (χ0n) is 15.9. The van der Waals surface area contributed by atoms with E-state index in [0.29, 0.717) is 0 Å². The summed E-state index contributed by atoms with van der Waals surface area (Å²) in [5.74, 6) is -2.17. The van der Waals surface area contributed by atoms with Crippen LogP contribution in [-0.2, 0) is 29.8 Å². The van der Waals surface area contributed by atoms with Crippen molar-refractivity contribution in [3.05, 3.63) is 23.3 Å². The second-order valence-electron chi connectivity index (χ2n) is 6.49. The lowest BCUT2D eigenvalue weighted by atomic mass is 10.1. The molecule has 0 aliphatic heterocycles. The lowest BCUT2D eigenvalue weighted by Gasteiger charge is -2.22. The molecule has 2 amide bonds. The van der Waals surface area contributed by atoms with Gasteiger partial charge in [0.2, 0.25) is 5.91 Å². The number of anilines is 2. The van der Waals surface area contributed by atoms with Gasteiger partial charge in [-0.1, -0.05) is 20.4 Å². The molecule has 0 aliphatic rings. The molecule has 0 unspecified atom stereocenters. The number of amides is 2. The van der Waals surface area contributed by atoms with Crippen LogP contribution < -0.4 is 10.6 Å². The van der Waals surface area contributed by atoms with Crippen LogP contribution >= 0.6 is 0 Å². The topological polar surface area (TPSA) is 167 Å². The van der Waals surface area contributed by atoms with Gasteiger partial charge in [0, 0.05) is 11.5 Å². The molecule has 0 atom stereocenters. The van der Waals surface area contributed by atoms with E-state index in [-0.39, 0.29) is 16.7 Å². The van der Waals surface area contributed by atoms with Gasteiger partial charge in [0.05, 0.1) is 11.4 Å². The molecule has 10 nitrogen and oxygen atoms in total. The highest BCUT2D eigenvalue weighted by molar-refractivity contribution is 7.86. The summed E-state index contributed by atoms with van der Waals surface area (Å²) < 4.78 is 67.2. The molecule has 0 bridgehead atoms. The molecular weight excluding hydrogens is 412 g/mol. The summed E-state index contributed by atoms with van der Waals surface area (Å²) in [6.07, 6.45) is 0. The third kappa shape index (κ3) is 4.95. The maximum atomic E-state index is 12.1. The standard InChI is InChI=1S/C16H22N2O8S2/c1-7(2)15(19)17-11-9(5)13(27(21,22)23)10(6)12(14(11)28(24,25)26)18-16(20)8(3)4/h8H,1H2,2-6H3,(H,17,19)(H,18,20)(H,21,22,23)(H,24,25,26). The quantitative estimate of drug-likeness (QED) is 0.389. The summed E-state index contributed by atoms with van der Waals surface area (Å²) in [5, 5.41) is 4.40. The van der Waals surface area contributed by atoms with Gasteiger partial charge in [0.25, 0.3) is 26.1 Å². The van der Waals surface area contributed by atoms with Crippen molar-refractivity contribution in [3.8, 4) is 0 Å². The molecule has 12 heteroatoms. The van der Waals surface area contributed by atoms with Gasteiger partial charge in [-0.2, -0.15) is 16.8 Å². The van der Waals surface area contributed by atoms with Crippen molar-refractivity contribution in [2.24, 2.45) is 5.92 Å². The van der Waals surface area contributed by atoms with Gasteiger partial charge in [-0.05, 0) is 31.9 Å². The largest absolute Gasteiger partial charge is 0.324 e. The van der Waals surface area contributed by atoms with Crippen molar-refractivity contribution < 1.29 is 35.5 Å². The van der Waals surface area contributed by atoms with Crippen molar-refractivity contribution in [3.63, 3.8) is 0 Å². The third-order valence-corrected chi connectivity index (χ3v) is 5.85. The second-order valence-corrected chi connectivity index (χ2v) is 9.20. The zero-order chi connectivity index (χ0) is 22.2. The summed E-state index contributed by atoms with van der Waals surface area (Å²) in [4.78, 5) is 22.6. The molecule has 1 aromatic rings. The molecule has 0 heterocycles. The van der Waals surface area contributed by atoms with Crippen LogP contribution in [0.25, 0.3) is 0 Å². The van der Waals surface area contributed by atoms with Crippen LogP contribution in [0.3, 0.4) is 0 Å². The Morgan fingerprint density at radius 1 is 0.893 bits per heavy atom. The Morgan fingerprint density at radius 3 is 1.61 bits per heavy atom. The highest BCUT2D eigenvalue weighted by atomic mass is 32.2. The predicted octanol–water partition coefficient (Wildman–Crippen LogP) is 1.91. The average Bonchev–Trinajstić information content (AvgIpc) is 2.48. The number of carbonyl (C=O) groups is 2. The van der Waals surface area contributed by atoms with E-state index >= 15 is 0 Å². The summed E-state index contributed by atoms with van der Waals surface area (Å²) in [7, 11) is -9.93. The molecule has 0 aliphatic carbocycles. The van der Waals surface area contributed by atoms with E-state index in [2.05, 4.69) is 17.2 Å². The number of rotatable bonds is 6. The third-order valence-electron chi connectivity index (χ3n) is 3.80. The Hall–Kier alpha value is -2.28. The number of hydrogen-bond donors (Lipinski definition) is 4. The van der Waals surface area contributed by atoms with Crippen molar-refractivity contribution >= 4 is 43.4 Å². The predicted molar refractivity (Wildman–Crippen MR) is 102 cm³/mol. The Labute approximate surface area is 163 Å². The van der Waals surface area contributed by atoms with Crippen LogP contribution in [0, 0.1) is 19.8 Å². The maximum absolute atomic E-state index is 12.1. The van der Waals surface area contributed by atoms with Crippen molar-refractivity contribution in [1.29, 1.82) is 0 Å². The summed E-state index contributed by atoms with van der Waals surface area (Å²) in [6, 6.07) is 0. The van der Waals surface area contributed by atoms with Gasteiger partial charge >= 0.3 is 0 Å². The van der Waals surface area contributed by atoms with Crippen LogP contribution in [0.5, 0.6) is 0 Å². The van der Waals surface area contributed by atoms with Crippen LogP contribution in [0.2, 0.25) is 0 Å². The lowest BCUT2D eigenvalue weighted by molar-refractivity contribution is -0.119. The first-order valence-corrected chi connectivity index (χ1v) is 10.8. The van der Waals surface area contributed by atoms with E-state index in [9.17, 15) is 35.5 Å². The SMILES string of the molecule is C=C(C)C(=O)Nc1c(C)c(S(=O)(=O)O)c(C)c(NC(=O)C(C)C)c1S(=O)(=O)O. The van der Waals surface area contributed by atoms with Gasteiger partial charge < -0.3 is 10.6 Å². The van der Waals surface area contributed by atoms with Crippen LogP contribution in [0.1, 0.15) is 31.9 Å². The Kier molecular flexibility index (Phi) is 6.78. The van der Waals surface area contributed by atoms with Crippen LogP contribution in [-0.4, -0.2) is 37.8 Å². The maximum Gasteiger partial charge on any atom is 0.298 e. The number of carbonyl (C=O) groups excluding carboxylic acids is 2. The van der Waals surface area contributed by atoms with Gasteiger partial charge in [0.1, 0.15) is 9.79 Å². The molecule has 28 heavy (non-hydrogen) atoms. The molecule has 1 rings (SSSR count). The first kappa shape index (κ1) is 23.8. The van der Waals surface area contributed by atoms with Crippen molar-refractivity contribution in [2.75, 3.05) is 10.6 Å². The summed E-state index contributed by atoms with van der Waals surface area (Å²) in [5.41, 5.74) is -1.88. The summed E-state index contributed by atoms with van der Waals surface area (Å²) in [6.45, 7) is 9.99. The van der Waals surface area contributed by atoms with Gasteiger partial charge in [-0.25, -0.2) is 0 Å². The fourth-order valence-corrected chi connectivity index (χ4v) is 4.31. The Morgan fingerprint density at radius 2 is 1.29 bits per heavy atom. The summed E-state index contributed by atoms with van der Waals surface area (Å²) >= 11 is 0. The lowest BCUT2D eigenvalue weighted by Crippen LogP contribution is -2.24. The molecule has 0 saturated carbocycles. The Balaban J connectivity index is 4.14. The molecule has 0 spiro atoms. The minimum Gasteiger partial charge on any atom is -0.324 e. The van der Waals surface area contributed by atoms with E-state index in [1.807, 2.05) is 0 Å². The van der Waals surface area contributed by atoms with E-state index in [1.165, 1.54) is 20.8 Å². The zero-order valence-corrected chi connectivity index (χ0v) is 17.6.